The Labute approximate surface area is 116 Å². The predicted octanol–water partition coefficient (Wildman–Crippen LogP) is 2.88. The molecule has 100 valence electrons. The van der Waals surface area contributed by atoms with E-state index in [0.717, 1.165) is 16.3 Å². The Balaban J connectivity index is 2.27. The zero-order valence-electron chi connectivity index (χ0n) is 11.0. The van der Waals surface area contributed by atoms with Crippen LogP contribution in [0.3, 0.4) is 0 Å². The maximum atomic E-state index is 6.51. The van der Waals surface area contributed by atoms with E-state index in [0.29, 0.717) is 17.0 Å². The van der Waals surface area contributed by atoms with Crippen LogP contribution in [0.15, 0.2) is 18.5 Å². The second kappa shape index (κ2) is 4.32. The van der Waals surface area contributed by atoms with E-state index < -0.39 is 0 Å². The topological polar surface area (TPSA) is 61.0 Å². The van der Waals surface area contributed by atoms with Gasteiger partial charge in [-0.15, -0.1) is 0 Å². The lowest BCUT2D eigenvalue weighted by Gasteiger charge is -2.26. The summed E-state index contributed by atoms with van der Waals surface area (Å²) in [7, 11) is 1.60. The third-order valence-electron chi connectivity index (χ3n) is 3.90. The van der Waals surface area contributed by atoms with E-state index in [2.05, 4.69) is 16.9 Å². The first kappa shape index (κ1) is 12.6. The maximum absolute atomic E-state index is 6.51. The molecule has 2 heterocycles. The Morgan fingerprint density at radius 3 is 2.68 bits per heavy atom. The van der Waals surface area contributed by atoms with Crippen molar-refractivity contribution in [2.75, 3.05) is 7.11 Å². The van der Waals surface area contributed by atoms with Crippen molar-refractivity contribution in [2.45, 2.75) is 25.3 Å². The molecule has 0 aliphatic heterocycles. The molecule has 0 aromatic carbocycles. The van der Waals surface area contributed by atoms with Gasteiger partial charge in [-0.3, -0.25) is 0 Å². The first-order valence-electron chi connectivity index (χ1n) is 6.31. The van der Waals surface area contributed by atoms with Crippen LogP contribution < -0.4 is 10.5 Å². The average Bonchev–Trinajstić information content (AvgIpc) is 3.21. The Morgan fingerprint density at radius 2 is 2.05 bits per heavy atom. The molecule has 0 radical (unpaired) electrons. The minimum absolute atomic E-state index is 0.387. The summed E-state index contributed by atoms with van der Waals surface area (Å²) in [4.78, 5) is 8.45. The zero-order valence-corrected chi connectivity index (χ0v) is 11.7. The van der Waals surface area contributed by atoms with Crippen LogP contribution in [0, 0.1) is 5.92 Å². The number of fused-ring (bicyclic) bond motifs is 1. The summed E-state index contributed by atoms with van der Waals surface area (Å²) in [6.45, 7) is 2.06. The monoisotopic (exact) mass is 277 g/mol. The summed E-state index contributed by atoms with van der Waals surface area (Å²) < 4.78 is 5.28. The largest absolute Gasteiger partial charge is 0.481 e. The summed E-state index contributed by atoms with van der Waals surface area (Å²) in [5.41, 5.74) is 7.13. The molecule has 1 saturated carbocycles. The highest BCUT2D eigenvalue weighted by molar-refractivity contribution is 6.30. The lowest BCUT2D eigenvalue weighted by atomic mass is 9.86. The van der Waals surface area contributed by atoms with Gasteiger partial charge in [-0.1, -0.05) is 11.6 Å². The fourth-order valence-electron chi connectivity index (χ4n) is 2.58. The third-order valence-corrected chi connectivity index (χ3v) is 4.11. The average molecular weight is 278 g/mol. The molecule has 0 bridgehead atoms. The Bertz CT molecular complexity index is 638. The van der Waals surface area contributed by atoms with Gasteiger partial charge in [-0.05, 0) is 42.7 Å². The van der Waals surface area contributed by atoms with E-state index in [9.17, 15) is 0 Å². The smallest absolute Gasteiger partial charge is 0.222 e. The van der Waals surface area contributed by atoms with Crippen LogP contribution in [0.4, 0.5) is 0 Å². The van der Waals surface area contributed by atoms with Crippen LogP contribution in [0.5, 0.6) is 5.88 Å². The summed E-state index contributed by atoms with van der Waals surface area (Å²) in [6, 6.07) is 1.84. The van der Waals surface area contributed by atoms with E-state index in [1.165, 1.54) is 12.8 Å². The standard InChI is InChI=1S/C14H16ClN3O/c1-14(16,8-3-4-8)11-7-18-13(19-2)10-6-17-12(15)5-9(10)11/h5-8H,3-4,16H2,1-2H3/t14-/m0/s1. The summed E-state index contributed by atoms with van der Waals surface area (Å²) in [6.07, 6.45) is 5.82. The van der Waals surface area contributed by atoms with E-state index in [1.807, 2.05) is 6.07 Å². The van der Waals surface area contributed by atoms with Crippen molar-refractivity contribution in [3.8, 4) is 5.88 Å². The molecule has 0 amide bonds. The molecular formula is C14H16ClN3O. The number of hydrogen-bond donors (Lipinski definition) is 1. The molecule has 0 unspecified atom stereocenters. The van der Waals surface area contributed by atoms with Crippen molar-refractivity contribution in [3.63, 3.8) is 0 Å². The number of hydrogen-bond acceptors (Lipinski definition) is 4. The molecule has 1 fully saturated rings. The van der Waals surface area contributed by atoms with Crippen molar-refractivity contribution in [2.24, 2.45) is 11.7 Å². The number of nitrogens with two attached hydrogens (primary N) is 1. The van der Waals surface area contributed by atoms with Crippen molar-refractivity contribution in [3.05, 3.63) is 29.2 Å². The molecule has 2 N–H and O–H groups in total. The highest BCUT2D eigenvalue weighted by Gasteiger charge is 2.41. The van der Waals surface area contributed by atoms with Crippen molar-refractivity contribution < 1.29 is 4.74 Å². The number of ether oxygens (including phenoxy) is 1. The normalized spacial score (nSPS) is 18.3. The van der Waals surface area contributed by atoms with E-state index in [-0.39, 0.29) is 5.54 Å². The third kappa shape index (κ3) is 2.05. The Hall–Kier alpha value is -1.39. The summed E-state index contributed by atoms with van der Waals surface area (Å²) >= 11 is 6.02. The molecule has 4 nitrogen and oxygen atoms in total. The first-order chi connectivity index (χ1) is 9.04. The van der Waals surface area contributed by atoms with Gasteiger partial charge in [0.1, 0.15) is 5.15 Å². The highest BCUT2D eigenvalue weighted by Crippen LogP contribution is 2.46. The minimum atomic E-state index is -0.387. The molecule has 1 aliphatic rings. The van der Waals surface area contributed by atoms with E-state index in [1.54, 1.807) is 19.5 Å². The number of halogens is 1. The van der Waals surface area contributed by atoms with E-state index in [4.69, 9.17) is 22.1 Å². The highest BCUT2D eigenvalue weighted by atomic mass is 35.5. The van der Waals surface area contributed by atoms with Gasteiger partial charge in [-0.2, -0.15) is 0 Å². The van der Waals surface area contributed by atoms with Gasteiger partial charge in [0.05, 0.1) is 12.5 Å². The van der Waals surface area contributed by atoms with Gasteiger partial charge in [0.2, 0.25) is 5.88 Å². The lowest BCUT2D eigenvalue weighted by molar-refractivity contribution is 0.399. The number of rotatable bonds is 3. The Kier molecular flexibility index (Phi) is 2.87. The lowest BCUT2D eigenvalue weighted by Crippen LogP contribution is -2.35. The van der Waals surface area contributed by atoms with Gasteiger partial charge in [-0.25, -0.2) is 9.97 Å². The Morgan fingerprint density at radius 1 is 1.32 bits per heavy atom. The van der Waals surface area contributed by atoms with Crippen LogP contribution >= 0.6 is 11.6 Å². The van der Waals surface area contributed by atoms with Crippen LogP contribution in [-0.4, -0.2) is 17.1 Å². The second-order valence-corrected chi connectivity index (χ2v) is 5.68. The van der Waals surface area contributed by atoms with Gasteiger partial charge in [0, 0.05) is 17.9 Å². The van der Waals surface area contributed by atoms with Crippen LogP contribution in [-0.2, 0) is 5.54 Å². The number of aromatic nitrogens is 2. The van der Waals surface area contributed by atoms with Crippen molar-refractivity contribution in [1.82, 2.24) is 9.97 Å². The molecule has 1 atom stereocenters. The van der Waals surface area contributed by atoms with Crippen molar-refractivity contribution in [1.29, 1.82) is 0 Å². The summed E-state index contributed by atoms with van der Waals surface area (Å²) in [5, 5.41) is 2.28. The molecule has 19 heavy (non-hydrogen) atoms. The van der Waals surface area contributed by atoms with Crippen LogP contribution in [0.2, 0.25) is 5.15 Å². The van der Waals surface area contributed by atoms with Crippen molar-refractivity contribution >= 4 is 22.4 Å². The van der Waals surface area contributed by atoms with Crippen LogP contribution in [0.1, 0.15) is 25.3 Å². The van der Waals surface area contributed by atoms with Gasteiger partial charge in [0.15, 0.2) is 0 Å². The zero-order chi connectivity index (χ0) is 13.6. The number of pyridine rings is 2. The maximum Gasteiger partial charge on any atom is 0.222 e. The predicted molar refractivity (Wildman–Crippen MR) is 75.4 cm³/mol. The molecule has 0 saturated heterocycles. The molecule has 2 aromatic heterocycles. The first-order valence-corrected chi connectivity index (χ1v) is 6.69. The molecule has 2 aromatic rings. The number of methoxy groups -OCH3 is 1. The molecule has 5 heteroatoms. The fourth-order valence-corrected chi connectivity index (χ4v) is 2.74. The quantitative estimate of drug-likeness (QED) is 0.877. The SMILES string of the molecule is COc1ncc([C@@](C)(N)C2CC2)c2cc(Cl)ncc12. The van der Waals surface area contributed by atoms with E-state index >= 15 is 0 Å². The summed E-state index contributed by atoms with van der Waals surface area (Å²) in [5.74, 6) is 1.06. The number of nitrogens with zero attached hydrogens (tertiary/aromatic N) is 2. The van der Waals surface area contributed by atoms with Gasteiger partial charge >= 0.3 is 0 Å². The molecule has 3 rings (SSSR count). The van der Waals surface area contributed by atoms with Gasteiger partial charge in [0.25, 0.3) is 0 Å². The van der Waals surface area contributed by atoms with Crippen LogP contribution in [0.25, 0.3) is 10.8 Å². The molecule has 1 aliphatic carbocycles. The molecule has 0 spiro atoms. The minimum Gasteiger partial charge on any atom is -0.481 e. The fraction of sp³-hybridized carbons (Fsp3) is 0.429. The molecular weight excluding hydrogens is 262 g/mol. The van der Waals surface area contributed by atoms with Gasteiger partial charge < -0.3 is 10.5 Å². The second-order valence-electron chi connectivity index (χ2n) is 5.29.